The summed E-state index contributed by atoms with van der Waals surface area (Å²) in [5.74, 6) is -1.17. The van der Waals surface area contributed by atoms with Crippen molar-refractivity contribution in [3.63, 3.8) is 0 Å². The van der Waals surface area contributed by atoms with Crippen molar-refractivity contribution in [3.05, 3.63) is 23.8 Å². The average molecular weight is 1320 g/mol. The first-order chi connectivity index (χ1) is 41.8. The Hall–Kier alpha value is -1.39. The molecule has 1 spiro atoms. The summed E-state index contributed by atoms with van der Waals surface area (Å²) in [6.07, 6.45) is -32.5. The molecular weight excluding hydrogens is 1230 g/mol. The summed E-state index contributed by atoms with van der Waals surface area (Å²) < 4.78 is 112. The number of carbonyl (C=O) groups excluding carboxylic acids is 2. The smallest absolute Gasteiger partial charge is 0.458 e. The van der Waals surface area contributed by atoms with E-state index in [4.69, 9.17) is 61.0 Å². The second-order valence-electron chi connectivity index (χ2n) is 27.4. The van der Waals surface area contributed by atoms with Gasteiger partial charge in [-0.15, -0.1) is 6.58 Å². The van der Waals surface area contributed by atoms with Crippen molar-refractivity contribution in [2.45, 2.75) is 252 Å². The van der Waals surface area contributed by atoms with Crippen LogP contribution in [0.1, 0.15) is 99.3 Å². The van der Waals surface area contributed by atoms with Crippen LogP contribution in [0.3, 0.4) is 0 Å². The SMILES string of the molecule is C=C(C)CCCC1(C)OC(=O)C23CCC4C(=CCC5C(C)(C)C(OC6OC[C@@H](OS(=O)(=O)O)[C@H](O)[C@H]6O[C@@H]6OC(C)[C@@H](O[C@@H]7O[C@H](CO)[C@@H](O)[C@H](OC[C@@H]8O[C@H](CO)[C@@H](O)[C@H](OC)[C@H]8O)[C@H]7O)C(O)[C@H]6O[C@@H]6OC[C@@H](O)[C@H](O)[C@H]6O)CCC45C)C2CC(=O)C13.[Na+]. The molecule has 0 bridgehead atoms. The number of aliphatic hydroxyl groups is 11. The number of methoxy groups -OCH3 is 1. The van der Waals surface area contributed by atoms with Crippen LogP contribution in [-0.4, -0.2) is 274 Å². The summed E-state index contributed by atoms with van der Waals surface area (Å²) in [5, 5.41) is 121. The van der Waals surface area contributed by atoms with E-state index in [1.165, 1.54) is 14.0 Å². The normalized spacial score (nSPS) is 49.3. The zero-order chi connectivity index (χ0) is 64.8. The summed E-state index contributed by atoms with van der Waals surface area (Å²) in [4.78, 5) is 28.5. The van der Waals surface area contributed by atoms with Crippen LogP contribution >= 0.6 is 0 Å². The number of Topliss-reactive ketones (excluding diaryl/α,β-unsaturated/α-hetero) is 1. The number of carbonyl (C=O) groups is 2. The first-order valence-electron chi connectivity index (χ1n) is 30.9. The van der Waals surface area contributed by atoms with Crippen LogP contribution in [0.5, 0.6) is 0 Å². The first kappa shape index (κ1) is 72.9. The summed E-state index contributed by atoms with van der Waals surface area (Å²) in [5.41, 5.74) is -0.792. The van der Waals surface area contributed by atoms with Crippen LogP contribution in [0.15, 0.2) is 23.8 Å². The van der Waals surface area contributed by atoms with Gasteiger partial charge >= 0.3 is 45.9 Å². The summed E-state index contributed by atoms with van der Waals surface area (Å²) in [6.45, 7) is 12.2. The monoisotopic (exact) mass is 1320 g/mol. The summed E-state index contributed by atoms with van der Waals surface area (Å²) in [7, 11) is -4.05. The van der Waals surface area contributed by atoms with E-state index in [1.807, 2.05) is 27.7 Å². The molecule has 0 amide bonds. The molecule has 6 heterocycles. The van der Waals surface area contributed by atoms with Crippen LogP contribution in [0, 0.1) is 39.9 Å². The van der Waals surface area contributed by atoms with Crippen molar-refractivity contribution < 1.29 is 169 Å². The Morgan fingerprint density at radius 1 is 0.700 bits per heavy atom. The number of allylic oxidation sites excluding steroid dienone is 3. The van der Waals surface area contributed by atoms with E-state index >= 15 is 0 Å². The Morgan fingerprint density at radius 2 is 1.33 bits per heavy atom. The third kappa shape index (κ3) is 13.4. The molecule has 29 nitrogen and oxygen atoms in total. The molecule has 0 radical (unpaired) electrons. The molecule has 10 rings (SSSR count). The second kappa shape index (κ2) is 28.2. The number of fused-ring (bicyclic) bond motifs is 4. The van der Waals surface area contributed by atoms with Crippen molar-refractivity contribution >= 4 is 22.2 Å². The van der Waals surface area contributed by atoms with Gasteiger partial charge in [0, 0.05) is 19.4 Å². The quantitative estimate of drug-likeness (QED) is 0.0234. The van der Waals surface area contributed by atoms with Crippen molar-refractivity contribution in [1.82, 2.24) is 0 Å². The number of rotatable bonds is 20. The van der Waals surface area contributed by atoms with Crippen molar-refractivity contribution in [2.75, 3.05) is 40.1 Å². The fraction of sp³-hybridized carbons (Fsp3) is 0.898. The van der Waals surface area contributed by atoms with Gasteiger partial charge in [-0.1, -0.05) is 38.0 Å². The minimum absolute atomic E-state index is 0. The van der Waals surface area contributed by atoms with Crippen LogP contribution in [0.25, 0.3) is 0 Å². The minimum atomic E-state index is -5.26. The van der Waals surface area contributed by atoms with Gasteiger partial charge in [-0.25, -0.2) is 4.18 Å². The van der Waals surface area contributed by atoms with Gasteiger partial charge in [0.2, 0.25) is 0 Å². The predicted molar refractivity (Wildman–Crippen MR) is 298 cm³/mol. The number of hydrogen-bond acceptors (Lipinski definition) is 28. The van der Waals surface area contributed by atoms with E-state index in [0.29, 0.717) is 38.5 Å². The molecule has 12 N–H and O–H groups in total. The van der Waals surface area contributed by atoms with E-state index in [1.54, 1.807) is 0 Å². The van der Waals surface area contributed by atoms with Gasteiger partial charge in [0.25, 0.3) is 0 Å². The van der Waals surface area contributed by atoms with Crippen LogP contribution in [0.4, 0.5) is 0 Å². The Bertz CT molecular complexity index is 2670. The molecule has 508 valence electrons. The molecule has 4 aliphatic carbocycles. The molecule has 0 aromatic carbocycles. The largest absolute Gasteiger partial charge is 1.00 e. The standard InChI is InChI=1S/C59H92O29S.Na/c1-24(2)10-9-15-58(7)50-29(62)18-28-26-11-12-35-56(4,5)36(14-16-57(35,6)27(26)13-17-59(28,50)55(72)87-58)83-53-48(41(68)34(23-79-53)88-89(73,74)75)86-54-49(85-51-42(69)37(64)30(63)21-78-51)43(70)45(25(3)80-54)84-52-44(71)47(39(66)32(20-61)82-52)77-22-33-40(67)46(76-8)38(65)31(19-60)81-33;/h11,25,27-28,30-54,60-61,63-71H,1,9-10,12-23H2,2-8H3,(H,73,74,75);/q;+1/t25?,27?,28?,30-,31-,32-,33+,34-,35?,36?,37+,38-,39-,40+,41+,42-,43?,44-,45-,46+,47+,48-,49-,50?,51+,52+,53?,54+,57?,58?,59?;/m1./s1. The summed E-state index contributed by atoms with van der Waals surface area (Å²) in [6, 6.07) is 0. The topological polar surface area (TPSA) is 431 Å². The fourth-order valence-electron chi connectivity index (χ4n) is 17.0. The van der Waals surface area contributed by atoms with Gasteiger partial charge in [-0.05, 0) is 94.8 Å². The van der Waals surface area contributed by atoms with Crippen LogP contribution in [-0.2, 0) is 81.0 Å². The van der Waals surface area contributed by atoms with E-state index in [2.05, 4.69) is 19.6 Å². The molecule has 31 atom stereocenters. The Labute approximate surface area is 544 Å². The molecule has 90 heavy (non-hydrogen) atoms. The van der Waals surface area contributed by atoms with Gasteiger partial charge in [0.1, 0.15) is 121 Å². The molecule has 9 fully saturated rings. The molecule has 11 unspecified atom stereocenters. The van der Waals surface area contributed by atoms with Crippen molar-refractivity contribution in [2.24, 2.45) is 39.9 Å². The number of esters is 1. The van der Waals surface area contributed by atoms with Gasteiger partial charge in [-0.3, -0.25) is 14.1 Å². The van der Waals surface area contributed by atoms with Crippen molar-refractivity contribution in [3.8, 4) is 0 Å². The fourth-order valence-corrected chi connectivity index (χ4v) is 17.5. The maximum absolute atomic E-state index is 14.3. The number of cyclic esters (lactones) is 1. The molecule has 31 heteroatoms. The molecule has 6 saturated heterocycles. The minimum Gasteiger partial charge on any atom is -0.458 e. The maximum atomic E-state index is 14.3. The summed E-state index contributed by atoms with van der Waals surface area (Å²) >= 11 is 0. The van der Waals surface area contributed by atoms with E-state index in [9.17, 15) is 78.7 Å². The second-order valence-corrected chi connectivity index (χ2v) is 28.4. The van der Waals surface area contributed by atoms with E-state index < -0.39 is 213 Å². The van der Waals surface area contributed by atoms with Gasteiger partial charge in [-0.2, -0.15) is 8.42 Å². The maximum Gasteiger partial charge on any atom is 1.00 e. The number of ether oxygens (including phenoxy) is 12. The Kier molecular flexibility index (Phi) is 22.8. The zero-order valence-electron chi connectivity index (χ0n) is 52.1. The predicted octanol–water partition coefficient (Wildman–Crippen LogP) is -5.26. The zero-order valence-corrected chi connectivity index (χ0v) is 54.9. The van der Waals surface area contributed by atoms with Crippen LogP contribution in [0.2, 0.25) is 0 Å². The molecule has 0 aromatic heterocycles. The Balaban J connectivity index is 0.00000960. The third-order valence-electron chi connectivity index (χ3n) is 21.5. The van der Waals surface area contributed by atoms with Crippen LogP contribution < -0.4 is 29.6 Å². The number of aliphatic hydroxyl groups excluding tert-OH is 11. The van der Waals surface area contributed by atoms with Gasteiger partial charge in [0.05, 0.1) is 56.6 Å². The third-order valence-corrected chi connectivity index (χ3v) is 22.0. The first-order valence-corrected chi connectivity index (χ1v) is 32.3. The van der Waals surface area contributed by atoms with E-state index in [0.717, 1.165) is 24.0 Å². The van der Waals surface area contributed by atoms with Crippen molar-refractivity contribution in [1.29, 1.82) is 0 Å². The average Bonchev–Trinajstić information content (AvgIpc) is 1.38. The van der Waals surface area contributed by atoms with Gasteiger partial charge in [0.15, 0.2) is 25.2 Å². The molecule has 6 aliphatic heterocycles. The van der Waals surface area contributed by atoms with E-state index in [-0.39, 0.29) is 70.9 Å². The number of ketones is 1. The number of hydrogen-bond donors (Lipinski definition) is 12. The Morgan fingerprint density at radius 3 is 2.00 bits per heavy atom. The van der Waals surface area contributed by atoms with Gasteiger partial charge < -0.3 is 113 Å². The molecular formula is C59H92NaO29S+. The molecule has 3 saturated carbocycles. The molecule has 0 aromatic rings. The molecule has 10 aliphatic rings.